The first kappa shape index (κ1) is 12.7. The van der Waals surface area contributed by atoms with Crippen LogP contribution in [0, 0.1) is 6.92 Å². The van der Waals surface area contributed by atoms with Gasteiger partial charge < -0.3 is 11.1 Å². The SMILES string of the molecule is Cc1cc(C(N)=O)ccc1NC(=O)CCBr. The van der Waals surface area contributed by atoms with Gasteiger partial charge in [0.15, 0.2) is 0 Å². The summed E-state index contributed by atoms with van der Waals surface area (Å²) in [6.07, 6.45) is 0.414. The highest BCUT2D eigenvalue weighted by molar-refractivity contribution is 9.09. The zero-order valence-electron chi connectivity index (χ0n) is 8.92. The second-order valence-corrected chi connectivity index (χ2v) is 4.17. The molecule has 0 aliphatic heterocycles. The van der Waals surface area contributed by atoms with Gasteiger partial charge in [-0.1, -0.05) is 15.9 Å². The van der Waals surface area contributed by atoms with Crippen LogP contribution in [0.3, 0.4) is 0 Å². The van der Waals surface area contributed by atoms with Gasteiger partial charge in [-0.3, -0.25) is 9.59 Å². The molecule has 1 aromatic carbocycles. The molecule has 0 atom stereocenters. The number of rotatable bonds is 4. The van der Waals surface area contributed by atoms with Gasteiger partial charge >= 0.3 is 0 Å². The first-order valence-electron chi connectivity index (χ1n) is 4.81. The van der Waals surface area contributed by atoms with E-state index in [0.29, 0.717) is 23.0 Å². The molecular formula is C11H13BrN2O2. The van der Waals surface area contributed by atoms with Crippen LogP contribution in [0.25, 0.3) is 0 Å². The number of carbonyl (C=O) groups is 2. The van der Waals surface area contributed by atoms with Crippen molar-refractivity contribution in [1.82, 2.24) is 0 Å². The van der Waals surface area contributed by atoms with Crippen LogP contribution in [-0.4, -0.2) is 17.1 Å². The molecule has 16 heavy (non-hydrogen) atoms. The number of aryl methyl sites for hydroxylation is 1. The van der Waals surface area contributed by atoms with E-state index in [4.69, 9.17) is 5.73 Å². The minimum absolute atomic E-state index is 0.0631. The quantitative estimate of drug-likeness (QED) is 0.828. The van der Waals surface area contributed by atoms with Gasteiger partial charge in [-0.15, -0.1) is 0 Å². The maximum absolute atomic E-state index is 11.4. The Balaban J connectivity index is 2.83. The van der Waals surface area contributed by atoms with E-state index in [-0.39, 0.29) is 5.91 Å². The zero-order chi connectivity index (χ0) is 12.1. The molecule has 0 spiro atoms. The number of nitrogens with one attached hydrogen (secondary N) is 1. The van der Waals surface area contributed by atoms with Crippen molar-refractivity contribution in [2.75, 3.05) is 10.6 Å². The lowest BCUT2D eigenvalue weighted by Gasteiger charge is -2.08. The van der Waals surface area contributed by atoms with Gasteiger partial charge in [0, 0.05) is 23.0 Å². The molecule has 0 aliphatic carbocycles. The van der Waals surface area contributed by atoms with E-state index in [9.17, 15) is 9.59 Å². The lowest BCUT2D eigenvalue weighted by atomic mass is 10.1. The summed E-state index contributed by atoms with van der Waals surface area (Å²) in [7, 11) is 0. The normalized spacial score (nSPS) is 9.88. The molecule has 0 heterocycles. The molecule has 2 amide bonds. The predicted octanol–water partition coefficient (Wildman–Crippen LogP) is 1.82. The number of hydrogen-bond donors (Lipinski definition) is 2. The zero-order valence-corrected chi connectivity index (χ0v) is 10.5. The Bertz CT molecular complexity index is 418. The van der Waals surface area contributed by atoms with Crippen molar-refractivity contribution in [2.45, 2.75) is 13.3 Å². The van der Waals surface area contributed by atoms with Gasteiger partial charge in [0.1, 0.15) is 0 Å². The van der Waals surface area contributed by atoms with Gasteiger partial charge in [0.05, 0.1) is 0 Å². The highest BCUT2D eigenvalue weighted by atomic mass is 79.9. The molecule has 3 N–H and O–H groups in total. The summed E-state index contributed by atoms with van der Waals surface area (Å²) < 4.78 is 0. The summed E-state index contributed by atoms with van der Waals surface area (Å²) in [5, 5.41) is 3.38. The van der Waals surface area contributed by atoms with Crippen LogP contribution in [0.1, 0.15) is 22.3 Å². The lowest BCUT2D eigenvalue weighted by Crippen LogP contribution is -2.14. The van der Waals surface area contributed by atoms with E-state index in [1.807, 2.05) is 6.92 Å². The monoisotopic (exact) mass is 284 g/mol. The molecule has 0 radical (unpaired) electrons. The Hall–Kier alpha value is -1.36. The number of benzene rings is 1. The Morgan fingerprint density at radius 2 is 2.12 bits per heavy atom. The number of amides is 2. The first-order valence-corrected chi connectivity index (χ1v) is 5.93. The Kier molecular flexibility index (Phi) is 4.49. The summed E-state index contributed by atoms with van der Waals surface area (Å²) in [5.74, 6) is -0.534. The largest absolute Gasteiger partial charge is 0.366 e. The minimum Gasteiger partial charge on any atom is -0.366 e. The van der Waals surface area contributed by atoms with Gasteiger partial charge in [-0.05, 0) is 30.7 Å². The smallest absolute Gasteiger partial charge is 0.248 e. The highest BCUT2D eigenvalue weighted by Gasteiger charge is 2.06. The Labute approximate surface area is 102 Å². The number of halogens is 1. The molecule has 1 aromatic rings. The lowest BCUT2D eigenvalue weighted by molar-refractivity contribution is -0.115. The van der Waals surface area contributed by atoms with Gasteiger partial charge in [-0.25, -0.2) is 0 Å². The third-order valence-electron chi connectivity index (χ3n) is 2.11. The number of alkyl halides is 1. The van der Waals surface area contributed by atoms with Gasteiger partial charge in [-0.2, -0.15) is 0 Å². The topological polar surface area (TPSA) is 72.2 Å². The van der Waals surface area contributed by atoms with Crippen LogP contribution in [-0.2, 0) is 4.79 Å². The third kappa shape index (κ3) is 3.34. The maximum Gasteiger partial charge on any atom is 0.248 e. The molecule has 4 nitrogen and oxygen atoms in total. The molecule has 0 fully saturated rings. The van der Waals surface area contributed by atoms with E-state index >= 15 is 0 Å². The Morgan fingerprint density at radius 1 is 1.44 bits per heavy atom. The van der Waals surface area contributed by atoms with E-state index in [1.54, 1.807) is 18.2 Å². The molecule has 86 valence electrons. The summed E-state index contributed by atoms with van der Waals surface area (Å²) in [4.78, 5) is 22.3. The molecule has 0 saturated carbocycles. The summed E-state index contributed by atoms with van der Waals surface area (Å²) >= 11 is 3.19. The fraction of sp³-hybridized carbons (Fsp3) is 0.273. The van der Waals surface area contributed by atoms with Crippen LogP contribution >= 0.6 is 15.9 Å². The summed E-state index contributed by atoms with van der Waals surface area (Å²) in [5.41, 5.74) is 7.11. The fourth-order valence-electron chi connectivity index (χ4n) is 1.26. The van der Waals surface area contributed by atoms with Crippen LogP contribution < -0.4 is 11.1 Å². The van der Waals surface area contributed by atoms with E-state index < -0.39 is 5.91 Å². The average Bonchev–Trinajstić information content (AvgIpc) is 2.21. The van der Waals surface area contributed by atoms with Crippen molar-refractivity contribution in [1.29, 1.82) is 0 Å². The average molecular weight is 285 g/mol. The minimum atomic E-state index is -0.471. The molecule has 1 rings (SSSR count). The highest BCUT2D eigenvalue weighted by Crippen LogP contribution is 2.16. The number of hydrogen-bond acceptors (Lipinski definition) is 2. The number of carbonyl (C=O) groups excluding carboxylic acids is 2. The predicted molar refractivity (Wildman–Crippen MR) is 66.7 cm³/mol. The third-order valence-corrected chi connectivity index (χ3v) is 2.50. The molecule has 0 unspecified atom stereocenters. The van der Waals surface area contributed by atoms with E-state index in [1.165, 1.54) is 0 Å². The van der Waals surface area contributed by atoms with Gasteiger partial charge in [0.25, 0.3) is 0 Å². The molecule has 0 bridgehead atoms. The Morgan fingerprint density at radius 3 is 2.62 bits per heavy atom. The van der Waals surface area contributed by atoms with Crippen molar-refractivity contribution < 1.29 is 9.59 Å². The van der Waals surface area contributed by atoms with Crippen molar-refractivity contribution >= 4 is 33.4 Å². The molecule has 0 saturated heterocycles. The van der Waals surface area contributed by atoms with Crippen LogP contribution in [0.15, 0.2) is 18.2 Å². The fourth-order valence-corrected chi connectivity index (χ4v) is 1.62. The van der Waals surface area contributed by atoms with Crippen molar-refractivity contribution in [2.24, 2.45) is 5.73 Å². The second-order valence-electron chi connectivity index (χ2n) is 3.38. The van der Waals surface area contributed by atoms with Crippen LogP contribution in [0.2, 0.25) is 0 Å². The molecule has 0 aliphatic rings. The first-order chi connectivity index (χ1) is 7.54. The van der Waals surface area contributed by atoms with Crippen LogP contribution in [0.4, 0.5) is 5.69 Å². The summed E-state index contributed by atoms with van der Waals surface area (Å²) in [6.45, 7) is 1.82. The molecule has 0 aromatic heterocycles. The van der Waals surface area contributed by atoms with Crippen molar-refractivity contribution in [3.63, 3.8) is 0 Å². The molecule has 5 heteroatoms. The summed E-state index contributed by atoms with van der Waals surface area (Å²) in [6, 6.07) is 4.94. The standard InChI is InChI=1S/C11H13BrN2O2/c1-7-6-8(11(13)16)2-3-9(7)14-10(15)4-5-12/h2-3,6H,4-5H2,1H3,(H2,13,16)(H,14,15). The molecular weight excluding hydrogens is 272 g/mol. The second kappa shape index (κ2) is 5.65. The van der Waals surface area contributed by atoms with Crippen molar-refractivity contribution in [3.05, 3.63) is 29.3 Å². The number of anilines is 1. The number of primary amides is 1. The number of nitrogens with two attached hydrogens (primary N) is 1. The maximum atomic E-state index is 11.4. The van der Waals surface area contributed by atoms with E-state index in [0.717, 1.165) is 5.56 Å². The van der Waals surface area contributed by atoms with Gasteiger partial charge in [0.2, 0.25) is 11.8 Å². The van der Waals surface area contributed by atoms with Crippen molar-refractivity contribution in [3.8, 4) is 0 Å². The van der Waals surface area contributed by atoms with E-state index in [2.05, 4.69) is 21.2 Å². The van der Waals surface area contributed by atoms with Crippen LogP contribution in [0.5, 0.6) is 0 Å².